The van der Waals surface area contributed by atoms with Crippen molar-refractivity contribution in [1.82, 2.24) is 9.97 Å². The summed E-state index contributed by atoms with van der Waals surface area (Å²) in [6.45, 7) is 6.56. The minimum absolute atomic E-state index is 0.179. The van der Waals surface area contributed by atoms with E-state index in [2.05, 4.69) is 9.97 Å². The molecule has 5 heteroatoms. The number of hydrogen-bond acceptors (Lipinski definition) is 3. The summed E-state index contributed by atoms with van der Waals surface area (Å²) < 4.78 is 5.47. The minimum atomic E-state index is 0.179. The molecule has 0 bridgehead atoms. The lowest BCUT2D eigenvalue weighted by atomic mass is 10.1. The van der Waals surface area contributed by atoms with Gasteiger partial charge in [-0.1, -0.05) is 49.2 Å². The van der Waals surface area contributed by atoms with E-state index in [4.69, 9.17) is 27.9 Å². The summed E-state index contributed by atoms with van der Waals surface area (Å²) in [7, 11) is 0. The van der Waals surface area contributed by atoms with Crippen molar-refractivity contribution in [3.8, 4) is 17.1 Å². The van der Waals surface area contributed by atoms with Gasteiger partial charge in [0.15, 0.2) is 5.82 Å². The van der Waals surface area contributed by atoms with Gasteiger partial charge in [-0.3, -0.25) is 0 Å². The summed E-state index contributed by atoms with van der Waals surface area (Å²) in [5.74, 6) is 1.46. The average Bonchev–Trinajstić information content (AvgIpc) is 2.38. The summed E-state index contributed by atoms with van der Waals surface area (Å²) in [6, 6.07) is 7.56. The molecule has 0 aliphatic carbocycles. The van der Waals surface area contributed by atoms with Crippen molar-refractivity contribution in [2.24, 2.45) is 0 Å². The van der Waals surface area contributed by atoms with E-state index < -0.39 is 0 Å². The quantitative estimate of drug-likeness (QED) is 0.748. The van der Waals surface area contributed by atoms with Crippen LogP contribution in [-0.2, 0) is 0 Å². The molecule has 0 unspecified atom stereocenters. The van der Waals surface area contributed by atoms with Gasteiger partial charge in [-0.2, -0.15) is 0 Å². The van der Waals surface area contributed by atoms with E-state index in [1.165, 1.54) is 0 Å². The van der Waals surface area contributed by atoms with Gasteiger partial charge >= 0.3 is 0 Å². The van der Waals surface area contributed by atoms with Crippen molar-refractivity contribution >= 4 is 23.2 Å². The lowest BCUT2D eigenvalue weighted by Crippen LogP contribution is -1.99. The highest BCUT2D eigenvalue weighted by molar-refractivity contribution is 6.34. The Morgan fingerprint density at radius 3 is 2.35 bits per heavy atom. The fourth-order valence-electron chi connectivity index (χ4n) is 1.91. The fourth-order valence-corrected chi connectivity index (χ4v) is 2.74. The van der Waals surface area contributed by atoms with Crippen LogP contribution in [-0.4, -0.2) is 16.6 Å². The van der Waals surface area contributed by atoms with Crippen molar-refractivity contribution in [2.75, 3.05) is 6.61 Å². The number of benzene rings is 1. The third-order valence-corrected chi connectivity index (χ3v) is 3.41. The summed E-state index contributed by atoms with van der Waals surface area (Å²) >= 11 is 12.4. The van der Waals surface area contributed by atoms with Gasteiger partial charge in [0.25, 0.3) is 0 Å². The molecule has 1 aromatic heterocycles. The van der Waals surface area contributed by atoms with Crippen LogP contribution in [0, 0.1) is 0 Å². The number of rotatable bonds is 4. The highest BCUT2D eigenvalue weighted by atomic mass is 35.5. The average molecular weight is 311 g/mol. The highest BCUT2D eigenvalue weighted by Crippen LogP contribution is 2.31. The molecule has 0 spiro atoms. The zero-order valence-electron chi connectivity index (χ0n) is 11.7. The summed E-state index contributed by atoms with van der Waals surface area (Å²) in [6.07, 6.45) is 0. The topological polar surface area (TPSA) is 35.0 Å². The first-order chi connectivity index (χ1) is 9.52. The van der Waals surface area contributed by atoms with Gasteiger partial charge in [-0.15, -0.1) is 0 Å². The second kappa shape index (κ2) is 6.42. The second-order valence-corrected chi connectivity index (χ2v) is 5.37. The molecule has 0 atom stereocenters. The Morgan fingerprint density at radius 1 is 1.15 bits per heavy atom. The van der Waals surface area contributed by atoms with Crippen LogP contribution in [0.4, 0.5) is 0 Å². The van der Waals surface area contributed by atoms with E-state index in [0.29, 0.717) is 22.7 Å². The van der Waals surface area contributed by atoms with E-state index in [0.717, 1.165) is 16.9 Å². The molecule has 1 aromatic carbocycles. The first kappa shape index (κ1) is 15.1. The first-order valence-electron chi connectivity index (χ1n) is 6.49. The molecule has 0 amide bonds. The van der Waals surface area contributed by atoms with Crippen molar-refractivity contribution in [1.29, 1.82) is 0 Å². The Kier molecular flexibility index (Phi) is 4.84. The van der Waals surface area contributed by atoms with Crippen molar-refractivity contribution in [3.63, 3.8) is 0 Å². The number of aromatic nitrogens is 2. The summed E-state index contributed by atoms with van der Waals surface area (Å²) in [4.78, 5) is 8.68. The molecule has 106 valence electrons. The smallest absolute Gasteiger partial charge is 0.162 e. The first-order valence-corrected chi connectivity index (χ1v) is 7.24. The van der Waals surface area contributed by atoms with Gasteiger partial charge in [-0.05, 0) is 25.0 Å². The molecule has 1 heterocycles. The number of hydrogen-bond donors (Lipinski definition) is 0. The molecule has 2 aromatic rings. The maximum absolute atomic E-state index is 6.21. The Bertz CT molecular complexity index is 592. The predicted molar refractivity (Wildman–Crippen MR) is 82.7 cm³/mol. The van der Waals surface area contributed by atoms with Crippen LogP contribution in [0.3, 0.4) is 0 Å². The van der Waals surface area contributed by atoms with Gasteiger partial charge in [0, 0.05) is 11.1 Å². The molecule has 20 heavy (non-hydrogen) atoms. The zero-order chi connectivity index (χ0) is 14.7. The Morgan fingerprint density at radius 2 is 1.80 bits per heavy atom. The van der Waals surface area contributed by atoms with Gasteiger partial charge < -0.3 is 4.74 Å². The molecule has 0 saturated heterocycles. The van der Waals surface area contributed by atoms with Crippen LogP contribution in [0.1, 0.15) is 32.3 Å². The van der Waals surface area contributed by atoms with E-state index >= 15 is 0 Å². The van der Waals surface area contributed by atoms with E-state index in [-0.39, 0.29) is 5.92 Å². The molecule has 0 N–H and O–H groups in total. The maximum atomic E-state index is 6.21. The van der Waals surface area contributed by atoms with Crippen LogP contribution in [0.5, 0.6) is 5.75 Å². The largest absolute Gasteiger partial charge is 0.494 e. The highest BCUT2D eigenvalue weighted by Gasteiger charge is 2.15. The molecule has 0 aliphatic heterocycles. The SMILES string of the molecule is CCOc1cccc(-c2nc(Cl)c(C(C)C)c(Cl)n2)c1. The molecule has 0 fully saturated rings. The predicted octanol–water partition coefficient (Wildman–Crippen LogP) is 4.97. The molecular formula is C15H16Cl2N2O. The van der Waals surface area contributed by atoms with Crippen LogP contribution < -0.4 is 4.74 Å². The third-order valence-electron chi connectivity index (χ3n) is 2.83. The molecule has 2 rings (SSSR count). The molecule has 0 radical (unpaired) electrons. The van der Waals surface area contributed by atoms with Crippen molar-refractivity contribution < 1.29 is 4.74 Å². The van der Waals surface area contributed by atoms with E-state index in [1.54, 1.807) is 0 Å². The molecular weight excluding hydrogens is 295 g/mol. The Balaban J connectivity index is 2.46. The Hall–Kier alpha value is -1.32. The van der Waals surface area contributed by atoms with Gasteiger partial charge in [0.2, 0.25) is 0 Å². The third kappa shape index (κ3) is 3.22. The number of nitrogens with zero attached hydrogens (tertiary/aromatic N) is 2. The van der Waals surface area contributed by atoms with Crippen LogP contribution in [0.15, 0.2) is 24.3 Å². The maximum Gasteiger partial charge on any atom is 0.162 e. The number of ether oxygens (including phenoxy) is 1. The molecule has 0 saturated carbocycles. The lowest BCUT2D eigenvalue weighted by Gasteiger charge is -2.11. The van der Waals surface area contributed by atoms with E-state index in [1.807, 2.05) is 45.0 Å². The normalized spacial score (nSPS) is 10.9. The van der Waals surface area contributed by atoms with Crippen LogP contribution >= 0.6 is 23.2 Å². The Labute approximate surface area is 128 Å². The van der Waals surface area contributed by atoms with E-state index in [9.17, 15) is 0 Å². The standard InChI is InChI=1S/C15H16Cl2N2O/c1-4-20-11-7-5-6-10(8-11)15-18-13(16)12(9(2)3)14(17)19-15/h5-9H,4H2,1-3H3. The number of halogens is 2. The minimum Gasteiger partial charge on any atom is -0.494 e. The monoisotopic (exact) mass is 310 g/mol. The molecule has 0 aliphatic rings. The summed E-state index contributed by atoms with van der Waals surface area (Å²) in [5.41, 5.74) is 1.60. The zero-order valence-corrected chi connectivity index (χ0v) is 13.2. The second-order valence-electron chi connectivity index (χ2n) is 4.66. The summed E-state index contributed by atoms with van der Waals surface area (Å²) in [5, 5.41) is 0.800. The molecule has 3 nitrogen and oxygen atoms in total. The lowest BCUT2D eigenvalue weighted by molar-refractivity contribution is 0.340. The van der Waals surface area contributed by atoms with Gasteiger partial charge in [0.1, 0.15) is 16.1 Å². The van der Waals surface area contributed by atoms with Gasteiger partial charge in [-0.25, -0.2) is 9.97 Å². The fraction of sp³-hybridized carbons (Fsp3) is 0.333. The van der Waals surface area contributed by atoms with Crippen LogP contribution in [0.2, 0.25) is 10.3 Å². The van der Waals surface area contributed by atoms with Crippen molar-refractivity contribution in [2.45, 2.75) is 26.7 Å². The van der Waals surface area contributed by atoms with Gasteiger partial charge in [0.05, 0.1) is 6.61 Å². The van der Waals surface area contributed by atoms with Crippen LogP contribution in [0.25, 0.3) is 11.4 Å². The van der Waals surface area contributed by atoms with Crippen molar-refractivity contribution in [3.05, 3.63) is 40.1 Å².